The summed E-state index contributed by atoms with van der Waals surface area (Å²) in [5.41, 5.74) is 0.146. The van der Waals surface area contributed by atoms with Crippen LogP contribution in [0.3, 0.4) is 0 Å². The highest BCUT2D eigenvalue weighted by molar-refractivity contribution is 5.77. The third-order valence-electron chi connectivity index (χ3n) is 5.00. The number of carbonyl (C=O) groups excluding carboxylic acids is 1. The van der Waals surface area contributed by atoms with Crippen LogP contribution in [0.25, 0.3) is 0 Å². The van der Waals surface area contributed by atoms with Gasteiger partial charge < -0.3 is 10.0 Å². The van der Waals surface area contributed by atoms with Crippen molar-refractivity contribution in [2.75, 3.05) is 6.54 Å². The Hall–Kier alpha value is -0.570. The van der Waals surface area contributed by atoms with E-state index in [4.69, 9.17) is 0 Å². The first-order chi connectivity index (χ1) is 7.72. The van der Waals surface area contributed by atoms with E-state index in [1.807, 2.05) is 0 Å². The Kier molecular flexibility index (Phi) is 2.46. The highest BCUT2D eigenvalue weighted by atomic mass is 16.3. The third-order valence-corrected chi connectivity index (χ3v) is 5.00. The molecule has 0 unspecified atom stereocenters. The fourth-order valence-corrected chi connectivity index (χ4v) is 4.27. The molecule has 0 bridgehead atoms. The van der Waals surface area contributed by atoms with Gasteiger partial charge in [-0.3, -0.25) is 4.79 Å². The molecule has 90 valence electrons. The maximum absolute atomic E-state index is 12.1. The Morgan fingerprint density at radius 1 is 1.25 bits per heavy atom. The van der Waals surface area contributed by atoms with Gasteiger partial charge in [0.2, 0.25) is 5.91 Å². The summed E-state index contributed by atoms with van der Waals surface area (Å²) in [5.74, 6) is 0.932. The molecule has 1 amide bonds. The lowest BCUT2D eigenvalue weighted by molar-refractivity contribution is -0.138. The summed E-state index contributed by atoms with van der Waals surface area (Å²) in [6.07, 6.45) is 7.96. The van der Waals surface area contributed by atoms with E-state index >= 15 is 0 Å². The minimum Gasteiger partial charge on any atom is -0.393 e. The Labute approximate surface area is 96.8 Å². The topological polar surface area (TPSA) is 40.5 Å². The normalized spacial score (nSPS) is 43.8. The maximum atomic E-state index is 12.1. The van der Waals surface area contributed by atoms with E-state index in [0.29, 0.717) is 11.8 Å². The lowest BCUT2D eigenvalue weighted by Gasteiger charge is -2.47. The maximum Gasteiger partial charge on any atom is 0.223 e. The van der Waals surface area contributed by atoms with Crippen molar-refractivity contribution in [3.8, 4) is 0 Å². The molecule has 0 radical (unpaired) electrons. The summed E-state index contributed by atoms with van der Waals surface area (Å²) >= 11 is 0. The van der Waals surface area contributed by atoms with Crippen molar-refractivity contribution in [1.29, 1.82) is 0 Å². The molecule has 3 fully saturated rings. The van der Waals surface area contributed by atoms with E-state index in [9.17, 15) is 9.90 Å². The van der Waals surface area contributed by atoms with E-state index in [1.165, 1.54) is 12.8 Å². The summed E-state index contributed by atoms with van der Waals surface area (Å²) in [4.78, 5) is 14.3. The number of hydrogen-bond acceptors (Lipinski definition) is 2. The highest BCUT2D eigenvalue weighted by Crippen LogP contribution is 2.49. The van der Waals surface area contributed by atoms with Gasteiger partial charge in [-0.05, 0) is 50.9 Å². The number of aliphatic hydroxyl groups excluding tert-OH is 1. The summed E-state index contributed by atoms with van der Waals surface area (Å²) in [6, 6.07) is 0. The average Bonchev–Trinajstić information content (AvgIpc) is 2.63. The lowest BCUT2D eigenvalue weighted by atomic mass is 9.69. The molecule has 0 aromatic rings. The zero-order valence-corrected chi connectivity index (χ0v) is 9.82. The Balaban J connectivity index is 1.93. The van der Waals surface area contributed by atoms with E-state index < -0.39 is 0 Å². The Morgan fingerprint density at radius 3 is 3.00 bits per heavy atom. The van der Waals surface area contributed by atoms with Gasteiger partial charge in [-0.2, -0.15) is 0 Å². The summed E-state index contributed by atoms with van der Waals surface area (Å²) in [5, 5.41) is 9.82. The quantitative estimate of drug-likeness (QED) is 0.679. The van der Waals surface area contributed by atoms with Gasteiger partial charge in [0.1, 0.15) is 0 Å². The van der Waals surface area contributed by atoms with Crippen molar-refractivity contribution in [3.05, 3.63) is 0 Å². The van der Waals surface area contributed by atoms with Crippen LogP contribution in [-0.4, -0.2) is 34.1 Å². The molecule has 1 N–H and O–H groups in total. The number of amides is 1. The van der Waals surface area contributed by atoms with Gasteiger partial charge in [0.25, 0.3) is 0 Å². The second-order valence-corrected chi connectivity index (χ2v) is 5.77. The molecule has 0 aromatic heterocycles. The van der Waals surface area contributed by atoms with Gasteiger partial charge in [0.15, 0.2) is 0 Å². The highest BCUT2D eigenvalue weighted by Gasteiger charge is 2.52. The fraction of sp³-hybridized carbons (Fsp3) is 0.923. The fourth-order valence-electron chi connectivity index (χ4n) is 4.27. The smallest absolute Gasteiger partial charge is 0.223 e. The lowest BCUT2D eigenvalue weighted by Crippen LogP contribution is -2.54. The number of carbonyl (C=O) groups is 1. The van der Waals surface area contributed by atoms with Crippen molar-refractivity contribution < 1.29 is 9.90 Å². The van der Waals surface area contributed by atoms with Gasteiger partial charge in [-0.15, -0.1) is 0 Å². The van der Waals surface area contributed by atoms with E-state index in [-0.39, 0.29) is 11.6 Å². The predicted octanol–water partition coefficient (Wildman–Crippen LogP) is 1.69. The third kappa shape index (κ3) is 1.41. The van der Waals surface area contributed by atoms with Crippen molar-refractivity contribution in [3.63, 3.8) is 0 Å². The van der Waals surface area contributed by atoms with E-state index in [2.05, 4.69) is 4.90 Å². The predicted molar refractivity (Wildman–Crippen MR) is 60.9 cm³/mol. The second-order valence-electron chi connectivity index (χ2n) is 5.77. The molecule has 3 nitrogen and oxygen atoms in total. The van der Waals surface area contributed by atoms with Gasteiger partial charge >= 0.3 is 0 Å². The number of aliphatic hydroxyl groups is 1. The molecule has 2 heterocycles. The van der Waals surface area contributed by atoms with E-state index in [1.54, 1.807) is 0 Å². The standard InChI is InChI=1S/C13H21NO2/c15-11-5-7-13-6-2-8-14(13)12(16)4-1-3-10(13)9-11/h10-11,15H,1-9H2/t10-,11-,13+/m0/s1. The van der Waals surface area contributed by atoms with Crippen LogP contribution in [0.5, 0.6) is 0 Å². The Morgan fingerprint density at radius 2 is 2.12 bits per heavy atom. The van der Waals surface area contributed by atoms with E-state index in [0.717, 1.165) is 45.1 Å². The minimum atomic E-state index is -0.119. The molecule has 3 heteroatoms. The molecule has 1 aliphatic carbocycles. The molecule has 2 saturated heterocycles. The largest absolute Gasteiger partial charge is 0.393 e. The minimum absolute atomic E-state index is 0.119. The molecule has 16 heavy (non-hydrogen) atoms. The zero-order chi connectivity index (χ0) is 11.2. The van der Waals surface area contributed by atoms with Crippen LogP contribution in [-0.2, 0) is 4.79 Å². The summed E-state index contributed by atoms with van der Waals surface area (Å²) < 4.78 is 0. The van der Waals surface area contributed by atoms with Crippen LogP contribution >= 0.6 is 0 Å². The monoisotopic (exact) mass is 223 g/mol. The zero-order valence-electron chi connectivity index (χ0n) is 9.82. The van der Waals surface area contributed by atoms with Gasteiger partial charge in [-0.25, -0.2) is 0 Å². The Bertz CT molecular complexity index is 304. The number of hydrogen-bond donors (Lipinski definition) is 1. The van der Waals surface area contributed by atoms with Crippen molar-refractivity contribution in [1.82, 2.24) is 4.90 Å². The van der Waals surface area contributed by atoms with Crippen LogP contribution in [0.4, 0.5) is 0 Å². The summed E-state index contributed by atoms with van der Waals surface area (Å²) in [7, 11) is 0. The van der Waals surface area contributed by atoms with Crippen molar-refractivity contribution in [2.24, 2.45) is 5.92 Å². The molecule has 3 rings (SSSR count). The molecule has 2 aliphatic heterocycles. The molecule has 1 spiro atoms. The van der Waals surface area contributed by atoms with Crippen molar-refractivity contribution in [2.45, 2.75) is 63.0 Å². The first-order valence-corrected chi connectivity index (χ1v) is 6.71. The van der Waals surface area contributed by atoms with Gasteiger partial charge in [0, 0.05) is 18.5 Å². The number of rotatable bonds is 0. The first-order valence-electron chi connectivity index (χ1n) is 6.71. The SMILES string of the molecule is O=C1CCC[C@H]2C[C@@H](O)CC[C@]23CCCN13. The average molecular weight is 223 g/mol. The summed E-state index contributed by atoms with van der Waals surface area (Å²) in [6.45, 7) is 0.964. The van der Waals surface area contributed by atoms with Gasteiger partial charge in [0.05, 0.1) is 6.10 Å². The molecular weight excluding hydrogens is 202 g/mol. The molecule has 0 aromatic carbocycles. The van der Waals surface area contributed by atoms with Crippen LogP contribution < -0.4 is 0 Å². The van der Waals surface area contributed by atoms with Gasteiger partial charge in [-0.1, -0.05) is 0 Å². The number of nitrogens with zero attached hydrogens (tertiary/aromatic N) is 1. The van der Waals surface area contributed by atoms with Crippen LogP contribution in [0.15, 0.2) is 0 Å². The second kappa shape index (κ2) is 3.73. The first kappa shape index (κ1) is 10.6. The molecular formula is C13H21NO2. The van der Waals surface area contributed by atoms with Crippen LogP contribution in [0.2, 0.25) is 0 Å². The molecule has 3 aliphatic rings. The van der Waals surface area contributed by atoms with Crippen LogP contribution in [0, 0.1) is 5.92 Å². The molecule has 1 saturated carbocycles. The molecule has 3 atom stereocenters. The van der Waals surface area contributed by atoms with Crippen LogP contribution in [0.1, 0.15) is 51.4 Å². The van der Waals surface area contributed by atoms with Crippen molar-refractivity contribution >= 4 is 5.91 Å².